The zero-order valence-corrected chi connectivity index (χ0v) is 11.1. The van der Waals surface area contributed by atoms with Gasteiger partial charge in [-0.15, -0.1) is 0 Å². The highest BCUT2D eigenvalue weighted by Crippen LogP contribution is 2.26. The summed E-state index contributed by atoms with van der Waals surface area (Å²) in [4.78, 5) is 15.5. The van der Waals surface area contributed by atoms with E-state index in [-0.39, 0.29) is 0 Å². The van der Waals surface area contributed by atoms with Gasteiger partial charge in [0.25, 0.3) is 0 Å². The number of aromatic nitrogens is 4. The summed E-state index contributed by atoms with van der Waals surface area (Å²) in [6.45, 7) is 2.15. The summed E-state index contributed by atoms with van der Waals surface area (Å²) in [7, 11) is 0. The summed E-state index contributed by atoms with van der Waals surface area (Å²) < 4.78 is 2.11. The lowest BCUT2D eigenvalue weighted by molar-refractivity contribution is 0.928. The quantitative estimate of drug-likeness (QED) is 0.713. The molecule has 0 aromatic carbocycles. The van der Waals surface area contributed by atoms with Crippen LogP contribution in [-0.2, 0) is 0 Å². The molecule has 0 aliphatic carbocycles. The second-order valence-corrected chi connectivity index (χ2v) is 5.02. The van der Waals surface area contributed by atoms with Crippen molar-refractivity contribution in [3.05, 3.63) is 43.1 Å². The Morgan fingerprint density at radius 3 is 2.55 bits per heavy atom. The monoisotopic (exact) mass is 265 g/mol. The average molecular weight is 265 g/mol. The number of fused-ring (bicyclic) bond motifs is 1. The van der Waals surface area contributed by atoms with Crippen molar-refractivity contribution in [2.45, 2.75) is 12.8 Å². The van der Waals surface area contributed by atoms with Gasteiger partial charge in [0.2, 0.25) is 0 Å². The predicted octanol–water partition coefficient (Wildman–Crippen LogP) is 2.39. The number of rotatable bonds is 2. The van der Waals surface area contributed by atoms with Crippen molar-refractivity contribution in [3.8, 4) is 11.3 Å². The molecule has 0 radical (unpaired) electrons. The van der Waals surface area contributed by atoms with Crippen molar-refractivity contribution in [3.63, 3.8) is 0 Å². The molecule has 0 atom stereocenters. The Morgan fingerprint density at radius 2 is 1.75 bits per heavy atom. The largest absolute Gasteiger partial charge is 0.354 e. The van der Waals surface area contributed by atoms with E-state index in [9.17, 15) is 0 Å². The van der Waals surface area contributed by atoms with Crippen LogP contribution in [0, 0.1) is 0 Å². The maximum atomic E-state index is 4.58. The van der Waals surface area contributed by atoms with Gasteiger partial charge < -0.3 is 4.90 Å². The van der Waals surface area contributed by atoms with E-state index >= 15 is 0 Å². The first-order valence-corrected chi connectivity index (χ1v) is 6.91. The molecule has 1 saturated heterocycles. The first-order valence-electron chi connectivity index (χ1n) is 6.91. The first-order chi connectivity index (χ1) is 9.93. The molecular weight excluding hydrogens is 250 g/mol. The SMILES string of the molecule is c1cc(-c2cnc3c(N4CCCC4)nccn23)ccn1. The van der Waals surface area contributed by atoms with Crippen LogP contribution in [0.3, 0.4) is 0 Å². The van der Waals surface area contributed by atoms with Crippen molar-refractivity contribution in [1.82, 2.24) is 19.4 Å². The van der Waals surface area contributed by atoms with Crippen molar-refractivity contribution in [2.75, 3.05) is 18.0 Å². The molecule has 5 nitrogen and oxygen atoms in total. The zero-order chi connectivity index (χ0) is 13.4. The third kappa shape index (κ3) is 1.74. The molecule has 0 N–H and O–H groups in total. The van der Waals surface area contributed by atoms with Crippen LogP contribution in [0.25, 0.3) is 16.9 Å². The molecule has 3 aromatic heterocycles. The highest BCUT2D eigenvalue weighted by Gasteiger charge is 2.18. The lowest BCUT2D eigenvalue weighted by Crippen LogP contribution is -2.19. The Kier molecular flexibility index (Phi) is 2.62. The van der Waals surface area contributed by atoms with E-state index in [0.29, 0.717) is 0 Å². The van der Waals surface area contributed by atoms with Crippen molar-refractivity contribution < 1.29 is 0 Å². The molecule has 0 unspecified atom stereocenters. The Balaban J connectivity index is 1.88. The van der Waals surface area contributed by atoms with Crippen LogP contribution >= 0.6 is 0 Å². The van der Waals surface area contributed by atoms with Gasteiger partial charge in [-0.3, -0.25) is 9.38 Å². The van der Waals surface area contributed by atoms with Gasteiger partial charge in [-0.1, -0.05) is 0 Å². The van der Waals surface area contributed by atoms with E-state index in [0.717, 1.165) is 35.8 Å². The summed E-state index contributed by atoms with van der Waals surface area (Å²) in [5.41, 5.74) is 3.12. The number of hydrogen-bond donors (Lipinski definition) is 0. The second kappa shape index (κ2) is 4.59. The van der Waals surface area contributed by atoms with Crippen LogP contribution < -0.4 is 4.90 Å². The topological polar surface area (TPSA) is 46.3 Å². The maximum absolute atomic E-state index is 4.58. The van der Waals surface area contributed by atoms with E-state index in [1.807, 2.05) is 30.7 Å². The van der Waals surface area contributed by atoms with Crippen LogP contribution in [0.2, 0.25) is 0 Å². The van der Waals surface area contributed by atoms with Crippen LogP contribution in [0.4, 0.5) is 5.82 Å². The average Bonchev–Trinajstić information content (AvgIpc) is 3.17. The third-order valence-electron chi connectivity index (χ3n) is 3.79. The highest BCUT2D eigenvalue weighted by molar-refractivity contribution is 5.71. The minimum atomic E-state index is 0.932. The van der Waals surface area contributed by atoms with Crippen molar-refractivity contribution >= 4 is 11.5 Å². The van der Waals surface area contributed by atoms with Crippen molar-refractivity contribution in [1.29, 1.82) is 0 Å². The lowest BCUT2D eigenvalue weighted by atomic mass is 10.2. The number of hydrogen-bond acceptors (Lipinski definition) is 4. The Labute approximate surface area is 116 Å². The Bertz CT molecular complexity index is 728. The number of imidazole rings is 1. The molecule has 1 fully saturated rings. The standard InChI is InChI=1S/C15H15N5/c1-2-9-19(8-1)14-15-18-11-13(20(15)10-7-17-14)12-3-5-16-6-4-12/h3-7,10-11H,1-2,8-9H2. The molecule has 0 amide bonds. The van der Waals surface area contributed by atoms with Crippen LogP contribution in [0.5, 0.6) is 0 Å². The van der Waals surface area contributed by atoms with E-state index in [4.69, 9.17) is 0 Å². The van der Waals surface area contributed by atoms with E-state index < -0.39 is 0 Å². The summed E-state index contributed by atoms with van der Waals surface area (Å²) in [6, 6.07) is 4.00. The lowest BCUT2D eigenvalue weighted by Gasteiger charge is -2.16. The molecule has 5 heteroatoms. The van der Waals surface area contributed by atoms with Crippen LogP contribution in [-0.4, -0.2) is 32.4 Å². The molecule has 3 aromatic rings. The van der Waals surface area contributed by atoms with Gasteiger partial charge in [0.15, 0.2) is 11.5 Å². The van der Waals surface area contributed by atoms with Gasteiger partial charge >= 0.3 is 0 Å². The third-order valence-corrected chi connectivity index (χ3v) is 3.79. The van der Waals surface area contributed by atoms with E-state index in [2.05, 4.69) is 24.3 Å². The zero-order valence-electron chi connectivity index (χ0n) is 11.1. The summed E-state index contributed by atoms with van der Waals surface area (Å²) >= 11 is 0. The van der Waals surface area contributed by atoms with Gasteiger partial charge in [-0.2, -0.15) is 0 Å². The molecule has 20 heavy (non-hydrogen) atoms. The second-order valence-electron chi connectivity index (χ2n) is 5.02. The molecule has 0 saturated carbocycles. The molecule has 1 aliphatic rings. The molecule has 100 valence electrons. The predicted molar refractivity (Wildman–Crippen MR) is 77.7 cm³/mol. The Morgan fingerprint density at radius 1 is 0.950 bits per heavy atom. The molecule has 1 aliphatic heterocycles. The van der Waals surface area contributed by atoms with Gasteiger partial charge in [-0.25, -0.2) is 9.97 Å². The number of pyridine rings is 1. The molecule has 4 heterocycles. The first kappa shape index (κ1) is 11.4. The molecule has 0 spiro atoms. The van der Waals surface area contributed by atoms with E-state index in [1.54, 1.807) is 12.4 Å². The molecule has 4 rings (SSSR count). The minimum Gasteiger partial charge on any atom is -0.354 e. The minimum absolute atomic E-state index is 0.932. The molecule has 0 bridgehead atoms. The Hall–Kier alpha value is -2.43. The van der Waals surface area contributed by atoms with Crippen LogP contribution in [0.1, 0.15) is 12.8 Å². The van der Waals surface area contributed by atoms with Gasteiger partial charge in [0, 0.05) is 43.4 Å². The fourth-order valence-electron chi connectivity index (χ4n) is 2.79. The van der Waals surface area contributed by atoms with E-state index in [1.165, 1.54) is 12.8 Å². The summed E-state index contributed by atoms with van der Waals surface area (Å²) in [6.07, 6.45) is 11.8. The van der Waals surface area contributed by atoms with Gasteiger partial charge in [-0.05, 0) is 25.0 Å². The normalized spacial score (nSPS) is 15.1. The maximum Gasteiger partial charge on any atom is 0.180 e. The molecular formula is C15H15N5. The van der Waals surface area contributed by atoms with Crippen LogP contribution in [0.15, 0.2) is 43.1 Å². The summed E-state index contributed by atoms with van der Waals surface area (Å²) in [5.74, 6) is 0.991. The fraction of sp³-hybridized carbons (Fsp3) is 0.267. The van der Waals surface area contributed by atoms with Crippen molar-refractivity contribution in [2.24, 2.45) is 0 Å². The van der Waals surface area contributed by atoms with Gasteiger partial charge in [0.05, 0.1) is 11.9 Å². The number of nitrogens with zero attached hydrogens (tertiary/aromatic N) is 5. The smallest absolute Gasteiger partial charge is 0.180 e. The highest BCUT2D eigenvalue weighted by atomic mass is 15.2. The summed E-state index contributed by atoms with van der Waals surface area (Å²) in [5, 5.41) is 0. The number of anilines is 1. The van der Waals surface area contributed by atoms with Gasteiger partial charge in [0.1, 0.15) is 0 Å². The fourth-order valence-corrected chi connectivity index (χ4v) is 2.79.